The molecule has 5 nitrogen and oxygen atoms in total. The minimum atomic E-state index is 0.110. The summed E-state index contributed by atoms with van der Waals surface area (Å²) in [6, 6.07) is 0. The molecule has 104 valence electrons. The van der Waals surface area contributed by atoms with Gasteiger partial charge in [0, 0.05) is 12.5 Å². The van der Waals surface area contributed by atoms with Crippen LogP contribution in [0.2, 0.25) is 0 Å². The Morgan fingerprint density at radius 3 is 2.89 bits per heavy atom. The van der Waals surface area contributed by atoms with E-state index in [9.17, 15) is 4.79 Å². The van der Waals surface area contributed by atoms with Crippen molar-refractivity contribution in [2.24, 2.45) is 5.92 Å². The molecule has 0 aliphatic heterocycles. The van der Waals surface area contributed by atoms with Gasteiger partial charge in [0.25, 0.3) is 0 Å². The molecule has 1 N–H and O–H groups in total. The predicted molar refractivity (Wildman–Crippen MR) is 72.8 cm³/mol. The lowest BCUT2D eigenvalue weighted by molar-refractivity contribution is -0.118. The van der Waals surface area contributed by atoms with Crippen molar-refractivity contribution in [1.82, 2.24) is 15.5 Å². The molecule has 2 aliphatic carbocycles. The van der Waals surface area contributed by atoms with Gasteiger partial charge in [-0.2, -0.15) is 4.98 Å². The molecule has 0 spiro atoms. The average Bonchev–Trinajstić information content (AvgIpc) is 3.08. The van der Waals surface area contributed by atoms with Crippen LogP contribution >= 0.6 is 11.8 Å². The van der Waals surface area contributed by atoms with Crippen molar-refractivity contribution >= 4 is 17.7 Å². The molecule has 1 amide bonds. The maximum atomic E-state index is 11.6. The van der Waals surface area contributed by atoms with Crippen LogP contribution in [0.3, 0.4) is 0 Å². The Morgan fingerprint density at radius 2 is 2.21 bits per heavy atom. The highest BCUT2D eigenvalue weighted by molar-refractivity contribution is 7.99. The van der Waals surface area contributed by atoms with Crippen molar-refractivity contribution in [2.75, 3.05) is 12.3 Å². The standard InChI is InChI=1S/C13H19N3O2S/c17-11(14-6-9-2-1-3-9)7-19-8-12-15-13(16-18-12)10-4-5-10/h9-10H,1-8H2,(H,14,17). The van der Waals surface area contributed by atoms with E-state index in [2.05, 4.69) is 15.5 Å². The number of carbonyl (C=O) groups excluding carboxylic acids is 1. The van der Waals surface area contributed by atoms with Crippen molar-refractivity contribution in [3.05, 3.63) is 11.7 Å². The second kappa shape index (κ2) is 5.94. The zero-order valence-corrected chi connectivity index (χ0v) is 11.7. The Morgan fingerprint density at radius 1 is 1.37 bits per heavy atom. The van der Waals surface area contributed by atoms with Gasteiger partial charge < -0.3 is 9.84 Å². The van der Waals surface area contributed by atoms with E-state index in [1.807, 2.05) is 0 Å². The molecule has 0 aromatic carbocycles. The molecule has 1 aromatic heterocycles. The van der Waals surface area contributed by atoms with Crippen LogP contribution in [0.25, 0.3) is 0 Å². The maximum Gasteiger partial charge on any atom is 0.236 e. The van der Waals surface area contributed by atoms with Crippen molar-refractivity contribution in [3.8, 4) is 0 Å². The highest BCUT2D eigenvalue weighted by atomic mass is 32.2. The summed E-state index contributed by atoms with van der Waals surface area (Å²) >= 11 is 1.53. The smallest absolute Gasteiger partial charge is 0.236 e. The molecule has 3 rings (SSSR count). The highest BCUT2D eigenvalue weighted by Gasteiger charge is 2.28. The summed E-state index contributed by atoms with van der Waals surface area (Å²) in [7, 11) is 0. The first-order valence-electron chi connectivity index (χ1n) is 6.98. The van der Waals surface area contributed by atoms with E-state index in [1.54, 1.807) is 0 Å². The topological polar surface area (TPSA) is 68.0 Å². The number of nitrogens with zero attached hydrogens (tertiary/aromatic N) is 2. The third-order valence-electron chi connectivity index (χ3n) is 3.70. The summed E-state index contributed by atoms with van der Waals surface area (Å²) in [5.74, 6) is 3.91. The number of aromatic nitrogens is 2. The second-order valence-electron chi connectivity index (χ2n) is 5.41. The Kier molecular flexibility index (Phi) is 4.06. The molecule has 1 heterocycles. The van der Waals surface area contributed by atoms with Gasteiger partial charge in [-0.15, -0.1) is 11.8 Å². The van der Waals surface area contributed by atoms with E-state index in [4.69, 9.17) is 4.52 Å². The van der Waals surface area contributed by atoms with E-state index in [-0.39, 0.29) is 5.91 Å². The predicted octanol–water partition coefficient (Wildman–Crippen LogP) is 2.10. The quantitative estimate of drug-likeness (QED) is 0.829. The molecule has 0 unspecified atom stereocenters. The Balaban J connectivity index is 1.31. The lowest BCUT2D eigenvalue weighted by atomic mass is 9.85. The number of rotatable bonds is 7. The third-order valence-corrected chi connectivity index (χ3v) is 4.62. The molecule has 0 radical (unpaired) electrons. The number of amides is 1. The largest absolute Gasteiger partial charge is 0.355 e. The van der Waals surface area contributed by atoms with E-state index in [0.29, 0.717) is 29.2 Å². The summed E-state index contributed by atoms with van der Waals surface area (Å²) in [4.78, 5) is 15.9. The van der Waals surface area contributed by atoms with E-state index in [1.165, 1.54) is 43.9 Å². The van der Waals surface area contributed by atoms with Gasteiger partial charge in [0.05, 0.1) is 11.5 Å². The van der Waals surface area contributed by atoms with Crippen LogP contribution in [0.15, 0.2) is 4.52 Å². The van der Waals surface area contributed by atoms with Gasteiger partial charge in [0.15, 0.2) is 5.82 Å². The Hall–Kier alpha value is -1.04. The number of carbonyl (C=O) groups is 1. The van der Waals surface area contributed by atoms with Crippen molar-refractivity contribution < 1.29 is 9.32 Å². The Bertz CT molecular complexity index is 441. The molecule has 19 heavy (non-hydrogen) atoms. The summed E-state index contributed by atoms with van der Waals surface area (Å²) in [5, 5.41) is 6.93. The summed E-state index contributed by atoms with van der Waals surface area (Å²) in [5.41, 5.74) is 0. The maximum absolute atomic E-state index is 11.6. The zero-order valence-electron chi connectivity index (χ0n) is 10.9. The lowest BCUT2D eigenvalue weighted by Gasteiger charge is -2.25. The zero-order chi connectivity index (χ0) is 13.1. The van der Waals surface area contributed by atoms with E-state index < -0.39 is 0 Å². The molecule has 1 aromatic rings. The minimum Gasteiger partial charge on any atom is -0.355 e. The van der Waals surface area contributed by atoms with Crippen LogP contribution in [0, 0.1) is 5.92 Å². The van der Waals surface area contributed by atoms with Gasteiger partial charge in [-0.05, 0) is 31.6 Å². The molecule has 0 saturated heterocycles. The number of nitrogens with one attached hydrogen (secondary N) is 1. The average molecular weight is 281 g/mol. The summed E-state index contributed by atoms with van der Waals surface area (Å²) in [6.07, 6.45) is 6.19. The first kappa shape index (κ1) is 13.0. The van der Waals surface area contributed by atoms with Crippen molar-refractivity contribution in [3.63, 3.8) is 0 Å². The van der Waals surface area contributed by atoms with E-state index >= 15 is 0 Å². The Labute approximate surface area is 116 Å². The van der Waals surface area contributed by atoms with Gasteiger partial charge >= 0.3 is 0 Å². The fraction of sp³-hybridized carbons (Fsp3) is 0.769. The molecule has 0 bridgehead atoms. The first-order chi connectivity index (χ1) is 9.31. The molecule has 2 aliphatic rings. The van der Waals surface area contributed by atoms with Crippen LogP contribution in [0.5, 0.6) is 0 Å². The normalized spacial score (nSPS) is 19.2. The van der Waals surface area contributed by atoms with Crippen LogP contribution in [0.4, 0.5) is 0 Å². The lowest BCUT2D eigenvalue weighted by Crippen LogP contribution is -2.33. The summed E-state index contributed by atoms with van der Waals surface area (Å²) in [6.45, 7) is 0.839. The molecule has 6 heteroatoms. The van der Waals surface area contributed by atoms with E-state index in [0.717, 1.165) is 12.4 Å². The van der Waals surface area contributed by atoms with Gasteiger partial charge in [-0.1, -0.05) is 11.6 Å². The van der Waals surface area contributed by atoms with Crippen LogP contribution in [-0.2, 0) is 10.5 Å². The number of thioether (sulfide) groups is 1. The van der Waals surface area contributed by atoms with Gasteiger partial charge in [-0.3, -0.25) is 4.79 Å². The van der Waals surface area contributed by atoms with Crippen LogP contribution in [0.1, 0.15) is 49.7 Å². The van der Waals surface area contributed by atoms with Crippen molar-refractivity contribution in [1.29, 1.82) is 0 Å². The highest BCUT2D eigenvalue weighted by Crippen LogP contribution is 2.38. The van der Waals surface area contributed by atoms with Gasteiger partial charge in [-0.25, -0.2) is 0 Å². The molecular formula is C13H19N3O2S. The molecule has 2 fully saturated rings. The SMILES string of the molecule is O=C(CSCc1nc(C2CC2)no1)NCC1CCC1. The monoisotopic (exact) mass is 281 g/mol. The van der Waals surface area contributed by atoms with Crippen LogP contribution in [-0.4, -0.2) is 28.3 Å². The van der Waals surface area contributed by atoms with Crippen LogP contribution < -0.4 is 5.32 Å². The first-order valence-corrected chi connectivity index (χ1v) is 8.13. The number of hydrogen-bond acceptors (Lipinski definition) is 5. The van der Waals surface area contributed by atoms with Crippen molar-refractivity contribution in [2.45, 2.75) is 43.8 Å². The van der Waals surface area contributed by atoms with Gasteiger partial charge in [0.1, 0.15) is 0 Å². The molecule has 0 atom stereocenters. The summed E-state index contributed by atoms with van der Waals surface area (Å²) < 4.78 is 5.16. The second-order valence-corrected chi connectivity index (χ2v) is 6.40. The fourth-order valence-electron chi connectivity index (χ4n) is 2.07. The third kappa shape index (κ3) is 3.72. The molecular weight excluding hydrogens is 262 g/mol. The fourth-order valence-corrected chi connectivity index (χ4v) is 2.75. The number of hydrogen-bond donors (Lipinski definition) is 1. The molecule has 2 saturated carbocycles. The van der Waals surface area contributed by atoms with Gasteiger partial charge in [0.2, 0.25) is 11.8 Å². The minimum absolute atomic E-state index is 0.110.